The van der Waals surface area contributed by atoms with Gasteiger partial charge in [0, 0.05) is 11.7 Å². The van der Waals surface area contributed by atoms with E-state index in [-0.39, 0.29) is 0 Å². The average Bonchev–Trinajstić information content (AvgIpc) is 2.33. The predicted octanol–water partition coefficient (Wildman–Crippen LogP) is 2.98. The lowest BCUT2D eigenvalue weighted by atomic mass is 9.94. The Labute approximate surface area is 90.9 Å². The molecular formula is C13H17NO. The van der Waals surface area contributed by atoms with Crippen LogP contribution in [0.4, 0.5) is 5.69 Å². The molecule has 1 aliphatic carbocycles. The van der Waals surface area contributed by atoms with Crippen LogP contribution in [0.15, 0.2) is 30.3 Å². The van der Waals surface area contributed by atoms with Crippen molar-refractivity contribution >= 4 is 12.1 Å². The smallest absolute Gasteiger partial charge is 0.214 e. The van der Waals surface area contributed by atoms with Crippen LogP contribution < -0.4 is 4.90 Å². The van der Waals surface area contributed by atoms with Gasteiger partial charge in [0.1, 0.15) is 0 Å². The van der Waals surface area contributed by atoms with Gasteiger partial charge in [-0.15, -0.1) is 0 Å². The number of nitrogens with zero attached hydrogens (tertiary/aromatic N) is 1. The van der Waals surface area contributed by atoms with Crippen LogP contribution in [0.25, 0.3) is 0 Å². The topological polar surface area (TPSA) is 20.3 Å². The van der Waals surface area contributed by atoms with Gasteiger partial charge in [0.15, 0.2) is 0 Å². The summed E-state index contributed by atoms with van der Waals surface area (Å²) < 4.78 is 0. The molecule has 2 heteroatoms. The second-order valence-electron chi connectivity index (χ2n) is 4.14. The summed E-state index contributed by atoms with van der Waals surface area (Å²) in [5.74, 6) is 0. The molecule has 1 amide bonds. The Morgan fingerprint density at radius 1 is 1.07 bits per heavy atom. The summed E-state index contributed by atoms with van der Waals surface area (Å²) >= 11 is 0. The number of amides is 1. The Balaban J connectivity index is 2.12. The monoisotopic (exact) mass is 203 g/mol. The first-order valence-electron chi connectivity index (χ1n) is 5.70. The van der Waals surface area contributed by atoms with Gasteiger partial charge in [-0.1, -0.05) is 37.5 Å². The number of hydrogen-bond donors (Lipinski definition) is 0. The molecule has 1 aliphatic rings. The SMILES string of the molecule is O=CN(c1ccccc1)C1CCCCC1. The first-order valence-corrected chi connectivity index (χ1v) is 5.70. The summed E-state index contributed by atoms with van der Waals surface area (Å²) in [6.45, 7) is 0. The minimum Gasteiger partial charge on any atom is -0.312 e. The minimum atomic E-state index is 0.415. The maximum absolute atomic E-state index is 11.1. The molecule has 0 unspecified atom stereocenters. The van der Waals surface area contributed by atoms with Gasteiger partial charge in [0.2, 0.25) is 6.41 Å². The number of carbonyl (C=O) groups is 1. The molecule has 15 heavy (non-hydrogen) atoms. The van der Waals surface area contributed by atoms with Gasteiger partial charge in [0.25, 0.3) is 0 Å². The van der Waals surface area contributed by atoms with E-state index in [1.807, 2.05) is 35.2 Å². The maximum Gasteiger partial charge on any atom is 0.214 e. The van der Waals surface area contributed by atoms with Crippen LogP contribution in [0.5, 0.6) is 0 Å². The fraction of sp³-hybridized carbons (Fsp3) is 0.462. The van der Waals surface area contributed by atoms with Crippen molar-refractivity contribution in [1.82, 2.24) is 0 Å². The normalized spacial score (nSPS) is 17.3. The molecule has 1 aromatic rings. The third kappa shape index (κ3) is 2.38. The highest BCUT2D eigenvalue weighted by Gasteiger charge is 2.20. The van der Waals surface area contributed by atoms with Gasteiger partial charge in [-0.25, -0.2) is 0 Å². The van der Waals surface area contributed by atoms with E-state index in [1.165, 1.54) is 19.3 Å². The number of benzene rings is 1. The maximum atomic E-state index is 11.1. The van der Waals surface area contributed by atoms with Gasteiger partial charge in [-0.2, -0.15) is 0 Å². The number of rotatable bonds is 3. The third-order valence-electron chi connectivity index (χ3n) is 3.14. The Kier molecular flexibility index (Phi) is 3.38. The predicted molar refractivity (Wildman–Crippen MR) is 61.9 cm³/mol. The molecule has 1 saturated carbocycles. The van der Waals surface area contributed by atoms with Crippen molar-refractivity contribution in [2.75, 3.05) is 4.90 Å². The molecule has 0 N–H and O–H groups in total. The highest BCUT2D eigenvalue weighted by atomic mass is 16.1. The van der Waals surface area contributed by atoms with Crippen LogP contribution in [-0.4, -0.2) is 12.5 Å². The van der Waals surface area contributed by atoms with Crippen molar-refractivity contribution in [3.8, 4) is 0 Å². The van der Waals surface area contributed by atoms with Crippen molar-refractivity contribution < 1.29 is 4.79 Å². The van der Waals surface area contributed by atoms with Gasteiger partial charge in [-0.05, 0) is 25.0 Å². The molecule has 0 saturated heterocycles. The molecule has 0 bridgehead atoms. The van der Waals surface area contributed by atoms with Crippen molar-refractivity contribution in [2.45, 2.75) is 38.1 Å². The fourth-order valence-electron chi connectivity index (χ4n) is 2.32. The number of carbonyl (C=O) groups excluding carboxylic acids is 1. The zero-order chi connectivity index (χ0) is 10.5. The summed E-state index contributed by atoms with van der Waals surface area (Å²) in [6, 6.07) is 10.4. The molecule has 0 spiro atoms. The summed E-state index contributed by atoms with van der Waals surface area (Å²) in [7, 11) is 0. The summed E-state index contributed by atoms with van der Waals surface area (Å²) in [4.78, 5) is 13.0. The minimum absolute atomic E-state index is 0.415. The number of hydrogen-bond acceptors (Lipinski definition) is 1. The molecule has 0 aliphatic heterocycles. The molecule has 0 heterocycles. The second kappa shape index (κ2) is 4.96. The van der Waals surface area contributed by atoms with Crippen molar-refractivity contribution in [3.63, 3.8) is 0 Å². The molecule has 0 radical (unpaired) electrons. The largest absolute Gasteiger partial charge is 0.312 e. The third-order valence-corrected chi connectivity index (χ3v) is 3.14. The summed E-state index contributed by atoms with van der Waals surface area (Å²) in [6.07, 6.45) is 7.09. The molecule has 2 nitrogen and oxygen atoms in total. The van der Waals surface area contributed by atoms with Crippen LogP contribution in [0.1, 0.15) is 32.1 Å². The fourth-order valence-corrected chi connectivity index (χ4v) is 2.32. The first kappa shape index (κ1) is 10.2. The van der Waals surface area contributed by atoms with Crippen LogP contribution in [0, 0.1) is 0 Å². The van der Waals surface area contributed by atoms with Crippen molar-refractivity contribution in [2.24, 2.45) is 0 Å². The number of para-hydroxylation sites is 1. The van der Waals surface area contributed by atoms with E-state index >= 15 is 0 Å². The number of anilines is 1. The molecule has 0 atom stereocenters. The molecule has 0 aromatic heterocycles. The Hall–Kier alpha value is -1.31. The van der Waals surface area contributed by atoms with E-state index in [2.05, 4.69) is 0 Å². The Morgan fingerprint density at radius 3 is 2.33 bits per heavy atom. The van der Waals surface area contributed by atoms with E-state index in [0.717, 1.165) is 24.9 Å². The van der Waals surface area contributed by atoms with Crippen LogP contribution >= 0.6 is 0 Å². The van der Waals surface area contributed by atoms with E-state index in [0.29, 0.717) is 6.04 Å². The second-order valence-corrected chi connectivity index (χ2v) is 4.14. The van der Waals surface area contributed by atoms with Crippen LogP contribution in [0.2, 0.25) is 0 Å². The quantitative estimate of drug-likeness (QED) is 0.691. The molecule has 1 fully saturated rings. The first-order chi connectivity index (χ1) is 7.42. The van der Waals surface area contributed by atoms with E-state index < -0.39 is 0 Å². The standard InChI is InChI=1S/C13H17NO/c15-11-14(12-7-3-1-4-8-12)13-9-5-2-6-10-13/h1,3-4,7-8,11,13H,2,5-6,9-10H2. The lowest BCUT2D eigenvalue weighted by molar-refractivity contribution is -0.108. The van der Waals surface area contributed by atoms with E-state index in [9.17, 15) is 4.79 Å². The average molecular weight is 203 g/mol. The molecule has 2 rings (SSSR count). The van der Waals surface area contributed by atoms with E-state index in [1.54, 1.807) is 0 Å². The highest BCUT2D eigenvalue weighted by Crippen LogP contribution is 2.25. The molecular weight excluding hydrogens is 186 g/mol. The van der Waals surface area contributed by atoms with Gasteiger partial charge < -0.3 is 4.90 Å². The molecule has 1 aromatic carbocycles. The van der Waals surface area contributed by atoms with Crippen LogP contribution in [0.3, 0.4) is 0 Å². The van der Waals surface area contributed by atoms with Crippen molar-refractivity contribution in [3.05, 3.63) is 30.3 Å². The summed E-state index contributed by atoms with van der Waals surface area (Å²) in [5.41, 5.74) is 1.03. The van der Waals surface area contributed by atoms with Gasteiger partial charge in [-0.3, -0.25) is 4.79 Å². The lowest BCUT2D eigenvalue weighted by Gasteiger charge is -2.31. The van der Waals surface area contributed by atoms with Crippen molar-refractivity contribution in [1.29, 1.82) is 0 Å². The Morgan fingerprint density at radius 2 is 1.73 bits per heavy atom. The Bertz CT molecular complexity index is 304. The van der Waals surface area contributed by atoms with Gasteiger partial charge >= 0.3 is 0 Å². The molecule has 80 valence electrons. The zero-order valence-corrected chi connectivity index (χ0v) is 8.93. The van der Waals surface area contributed by atoms with E-state index in [4.69, 9.17) is 0 Å². The lowest BCUT2D eigenvalue weighted by Crippen LogP contribution is -2.35. The van der Waals surface area contributed by atoms with Gasteiger partial charge in [0.05, 0.1) is 0 Å². The highest BCUT2D eigenvalue weighted by molar-refractivity contribution is 5.75. The van der Waals surface area contributed by atoms with Crippen LogP contribution in [-0.2, 0) is 4.79 Å². The zero-order valence-electron chi connectivity index (χ0n) is 8.93. The summed E-state index contributed by atoms with van der Waals surface area (Å²) in [5, 5.41) is 0.